The molecule has 1 nitrogen and oxygen atoms in total. The van der Waals surface area contributed by atoms with E-state index in [0.717, 1.165) is 0 Å². The molecule has 1 heterocycles. The lowest BCUT2D eigenvalue weighted by Crippen LogP contribution is -1.90. The molecule has 0 aliphatic carbocycles. The van der Waals surface area contributed by atoms with Crippen LogP contribution in [0.5, 0.6) is 0 Å². The second-order valence-corrected chi connectivity index (χ2v) is 6.44. The number of hydrogen-bond donors (Lipinski definition) is 0. The normalized spacial score (nSPS) is 11.5. The van der Waals surface area contributed by atoms with Gasteiger partial charge in [-0.15, -0.1) is 0 Å². The van der Waals surface area contributed by atoms with Crippen LogP contribution >= 0.6 is 22.9 Å². The summed E-state index contributed by atoms with van der Waals surface area (Å²) >= 11 is 2.36. The van der Waals surface area contributed by atoms with Crippen LogP contribution in [0.25, 0.3) is 11.1 Å². The van der Waals surface area contributed by atoms with Gasteiger partial charge in [0.15, 0.2) is 0 Å². The number of nitrogens with zero attached hydrogens (tertiary/aromatic N) is 1. The van der Waals surface area contributed by atoms with E-state index in [1.165, 1.54) is 22.4 Å². The first-order valence-electron chi connectivity index (χ1n) is 6.47. The van der Waals surface area contributed by atoms with Gasteiger partial charge in [0.25, 0.3) is 0 Å². The lowest BCUT2D eigenvalue weighted by Gasteiger charge is -2.05. The van der Waals surface area contributed by atoms with E-state index in [9.17, 15) is 0 Å². The Kier molecular flexibility index (Phi) is 4.15. The van der Waals surface area contributed by atoms with Crippen LogP contribution in [0.3, 0.4) is 0 Å². The third-order valence-corrected chi connectivity index (χ3v) is 4.14. The van der Waals surface area contributed by atoms with Gasteiger partial charge in [0.2, 0.25) is 0 Å². The van der Waals surface area contributed by atoms with Crippen molar-refractivity contribution in [2.45, 2.75) is 39.5 Å². The fourth-order valence-corrected chi connectivity index (χ4v) is 3.08. The van der Waals surface area contributed by atoms with Crippen molar-refractivity contribution in [1.82, 2.24) is 2.78 Å². The predicted octanol–water partition coefficient (Wildman–Crippen LogP) is 5.60. The first-order chi connectivity index (χ1) is 8.49. The molecule has 0 N–H and O–H groups in total. The third kappa shape index (κ3) is 2.79. The van der Waals surface area contributed by atoms with E-state index in [0.29, 0.717) is 11.8 Å². The highest BCUT2D eigenvalue weighted by Crippen LogP contribution is 2.28. The summed E-state index contributed by atoms with van der Waals surface area (Å²) in [5.74, 6) is 1.16. The van der Waals surface area contributed by atoms with E-state index >= 15 is 0 Å². The van der Waals surface area contributed by atoms with Gasteiger partial charge in [-0.2, -0.15) is 0 Å². The van der Waals surface area contributed by atoms with Gasteiger partial charge < -0.3 is 0 Å². The zero-order chi connectivity index (χ0) is 13.3. The van der Waals surface area contributed by atoms with Crippen LogP contribution in [0, 0.1) is 0 Å². The first-order valence-corrected chi connectivity index (χ1v) is 7.44. The van der Waals surface area contributed by atoms with Crippen molar-refractivity contribution in [3.63, 3.8) is 0 Å². The third-order valence-electron chi connectivity index (χ3n) is 3.30. The molecular formula is C16H20IN. The van der Waals surface area contributed by atoms with E-state index in [2.05, 4.69) is 89.9 Å². The van der Waals surface area contributed by atoms with Gasteiger partial charge in [-0.05, 0) is 29.0 Å². The quantitative estimate of drug-likeness (QED) is 0.633. The van der Waals surface area contributed by atoms with Crippen molar-refractivity contribution in [2.75, 3.05) is 0 Å². The van der Waals surface area contributed by atoms with E-state index in [4.69, 9.17) is 0 Å². The average molecular weight is 353 g/mol. The van der Waals surface area contributed by atoms with Crippen LogP contribution in [0.1, 0.15) is 50.8 Å². The molecule has 18 heavy (non-hydrogen) atoms. The molecule has 0 bridgehead atoms. The number of rotatable bonds is 3. The van der Waals surface area contributed by atoms with Crippen LogP contribution < -0.4 is 0 Å². The van der Waals surface area contributed by atoms with Crippen LogP contribution in [0.4, 0.5) is 0 Å². The Balaban J connectivity index is 2.34. The van der Waals surface area contributed by atoms with Crippen LogP contribution in [0.15, 0.2) is 36.5 Å². The summed E-state index contributed by atoms with van der Waals surface area (Å²) in [6, 6.07) is 11.2. The minimum Gasteiger partial charge on any atom is -0.293 e. The van der Waals surface area contributed by atoms with Crippen LogP contribution in [-0.4, -0.2) is 2.78 Å². The Morgan fingerprint density at radius 3 is 1.94 bits per heavy atom. The molecule has 0 aliphatic heterocycles. The molecule has 1 aromatic carbocycles. The molecule has 0 atom stereocenters. The van der Waals surface area contributed by atoms with Crippen molar-refractivity contribution >= 4 is 22.9 Å². The second kappa shape index (κ2) is 5.47. The van der Waals surface area contributed by atoms with Gasteiger partial charge in [-0.25, -0.2) is 0 Å². The summed E-state index contributed by atoms with van der Waals surface area (Å²) in [6.07, 6.45) is 2.21. The van der Waals surface area contributed by atoms with Crippen molar-refractivity contribution in [2.24, 2.45) is 0 Å². The van der Waals surface area contributed by atoms with Crippen LogP contribution in [0.2, 0.25) is 0 Å². The minimum absolute atomic E-state index is 0.561. The molecule has 0 radical (unpaired) electrons. The van der Waals surface area contributed by atoms with Gasteiger partial charge >= 0.3 is 0 Å². The topological polar surface area (TPSA) is 4.93 Å². The standard InChI is InChI=1S/C16H20IN/c1-11(2)13-5-7-14(8-6-13)15-9-16(12(3)4)18(17)10-15/h5-12H,1-4H3. The first kappa shape index (κ1) is 13.7. The maximum absolute atomic E-state index is 2.36. The smallest absolute Gasteiger partial charge is 0.0637 e. The minimum atomic E-state index is 0.561. The van der Waals surface area contributed by atoms with Gasteiger partial charge in [0, 0.05) is 17.5 Å². The monoisotopic (exact) mass is 353 g/mol. The predicted molar refractivity (Wildman–Crippen MR) is 87.5 cm³/mol. The van der Waals surface area contributed by atoms with Gasteiger partial charge in [-0.1, -0.05) is 52.0 Å². The van der Waals surface area contributed by atoms with Crippen molar-refractivity contribution < 1.29 is 0 Å². The second-order valence-electron chi connectivity index (χ2n) is 5.40. The molecule has 0 unspecified atom stereocenters. The fraction of sp³-hybridized carbons (Fsp3) is 0.375. The number of benzene rings is 1. The SMILES string of the molecule is CC(C)c1ccc(-c2cc(C(C)C)n(I)c2)cc1. The van der Waals surface area contributed by atoms with Crippen molar-refractivity contribution in [3.8, 4) is 11.1 Å². The highest BCUT2D eigenvalue weighted by atomic mass is 127. The van der Waals surface area contributed by atoms with E-state index in [1.807, 2.05) is 0 Å². The molecular weight excluding hydrogens is 333 g/mol. The van der Waals surface area contributed by atoms with E-state index in [-0.39, 0.29) is 0 Å². The molecule has 0 fully saturated rings. The molecule has 0 saturated carbocycles. The largest absolute Gasteiger partial charge is 0.293 e. The lowest BCUT2D eigenvalue weighted by molar-refractivity contribution is 0.827. The maximum atomic E-state index is 2.36. The summed E-state index contributed by atoms with van der Waals surface area (Å²) in [4.78, 5) is 0. The van der Waals surface area contributed by atoms with Crippen molar-refractivity contribution in [1.29, 1.82) is 0 Å². The number of halogens is 1. The number of hydrogen-bond acceptors (Lipinski definition) is 0. The van der Waals surface area contributed by atoms with E-state index in [1.54, 1.807) is 0 Å². The van der Waals surface area contributed by atoms with Crippen molar-refractivity contribution in [3.05, 3.63) is 47.8 Å². The zero-order valence-electron chi connectivity index (χ0n) is 11.4. The molecule has 2 heteroatoms. The molecule has 96 valence electrons. The highest BCUT2D eigenvalue weighted by molar-refractivity contribution is 14.1. The fourth-order valence-electron chi connectivity index (χ4n) is 2.09. The molecule has 0 aliphatic rings. The summed E-state index contributed by atoms with van der Waals surface area (Å²) < 4.78 is 2.20. The van der Waals surface area contributed by atoms with Gasteiger partial charge in [0.05, 0.1) is 22.9 Å². The maximum Gasteiger partial charge on any atom is 0.0637 e. The summed E-state index contributed by atoms with van der Waals surface area (Å²) in [6.45, 7) is 8.92. The Bertz CT molecular complexity index is 521. The molecule has 1 aromatic heterocycles. The van der Waals surface area contributed by atoms with Gasteiger partial charge in [0.1, 0.15) is 0 Å². The Morgan fingerprint density at radius 2 is 1.50 bits per heavy atom. The molecule has 2 aromatic rings. The molecule has 2 rings (SSSR count). The zero-order valence-corrected chi connectivity index (χ0v) is 13.6. The average Bonchev–Trinajstić information content (AvgIpc) is 2.71. The van der Waals surface area contributed by atoms with E-state index < -0.39 is 0 Å². The molecule has 0 saturated heterocycles. The molecule has 0 amide bonds. The Labute approximate surface area is 124 Å². The number of aromatic nitrogens is 1. The Morgan fingerprint density at radius 1 is 0.889 bits per heavy atom. The van der Waals surface area contributed by atoms with Gasteiger partial charge in [-0.3, -0.25) is 2.78 Å². The summed E-state index contributed by atoms with van der Waals surface area (Å²) in [7, 11) is 0. The summed E-state index contributed by atoms with van der Waals surface area (Å²) in [5, 5.41) is 0. The van der Waals surface area contributed by atoms with Crippen LogP contribution in [-0.2, 0) is 0 Å². The summed E-state index contributed by atoms with van der Waals surface area (Å²) in [5.41, 5.74) is 5.38. The highest BCUT2D eigenvalue weighted by Gasteiger charge is 2.09. The molecule has 0 spiro atoms. The lowest BCUT2D eigenvalue weighted by atomic mass is 9.99. The Hall–Kier alpha value is -0.770.